The quantitative estimate of drug-likeness (QED) is 0.335. The van der Waals surface area contributed by atoms with Gasteiger partial charge in [-0.15, -0.1) is 0 Å². The zero-order valence-corrected chi connectivity index (χ0v) is 4.14. The summed E-state index contributed by atoms with van der Waals surface area (Å²) in [5.41, 5.74) is 0. The predicted molar refractivity (Wildman–Crippen MR) is 28.3 cm³/mol. The number of nitrogens with zero attached hydrogens (tertiary/aromatic N) is 3. The first-order chi connectivity index (χ1) is 4.20. The molecule has 0 N–H and O–H groups in total. The minimum Gasteiger partial charge on any atom is -0.358 e. The number of hydrogen-bond donors (Lipinski definition) is 0. The third-order valence-corrected chi connectivity index (χ3v) is 0.688. The number of carbonyl (C=O) groups is 1. The van der Waals surface area contributed by atoms with E-state index in [2.05, 4.69) is 9.98 Å². The fourth-order valence-corrected chi connectivity index (χ4v) is 0.357. The summed E-state index contributed by atoms with van der Waals surface area (Å²) in [5.74, 6) is -0.500. The van der Waals surface area contributed by atoms with Crippen LogP contribution in [0.15, 0.2) is 9.98 Å². The average molecular weight is 127 g/mol. The number of carbonyl (C=O) groups excluding carboxylic acids is 1. The van der Waals surface area contributed by atoms with Crippen molar-refractivity contribution in [2.24, 2.45) is 9.98 Å². The van der Waals surface area contributed by atoms with Crippen molar-refractivity contribution in [2.45, 2.75) is 0 Å². The smallest absolute Gasteiger partial charge is 0.358 e. The van der Waals surface area contributed by atoms with Crippen LogP contribution < -0.4 is 0 Å². The monoisotopic (exact) mass is 127 g/mol. The van der Waals surface area contributed by atoms with E-state index >= 15 is 0 Å². The lowest BCUT2D eigenvalue weighted by Crippen LogP contribution is -2.09. The Hall–Kier alpha value is -1.59. The van der Waals surface area contributed by atoms with Crippen molar-refractivity contribution in [1.29, 1.82) is 0 Å². The zero-order chi connectivity index (χ0) is 6.85. The Morgan fingerprint density at radius 2 is 2.33 bits per heavy atom. The number of aliphatic imine (C=N–C) groups is 2. The SMILES string of the molecule is O=C1N=CC([N+](=O)[O-])=N1. The third kappa shape index (κ3) is 0.958. The van der Waals surface area contributed by atoms with Crippen LogP contribution in [0.3, 0.4) is 0 Å². The summed E-state index contributed by atoms with van der Waals surface area (Å²) in [4.78, 5) is 25.1. The van der Waals surface area contributed by atoms with E-state index in [1.807, 2.05) is 0 Å². The van der Waals surface area contributed by atoms with E-state index < -0.39 is 16.8 Å². The highest BCUT2D eigenvalue weighted by Crippen LogP contribution is 1.91. The number of urea groups is 1. The van der Waals surface area contributed by atoms with E-state index in [-0.39, 0.29) is 0 Å². The standard InChI is InChI=1S/C3HN3O3/c7-3-4-1-2(5-3)6(8)9/h1H. The maximum absolute atomic E-state index is 10.1. The second-order valence-electron chi connectivity index (χ2n) is 1.27. The van der Waals surface area contributed by atoms with Gasteiger partial charge >= 0.3 is 11.9 Å². The molecule has 0 bridgehead atoms. The molecule has 0 unspecified atom stereocenters. The Morgan fingerprint density at radius 1 is 1.67 bits per heavy atom. The first-order valence-corrected chi connectivity index (χ1v) is 2.01. The molecule has 2 amide bonds. The van der Waals surface area contributed by atoms with Crippen molar-refractivity contribution in [1.82, 2.24) is 0 Å². The van der Waals surface area contributed by atoms with Gasteiger partial charge in [-0.05, 0) is 4.92 Å². The minimum atomic E-state index is -0.818. The highest BCUT2D eigenvalue weighted by atomic mass is 16.6. The molecule has 0 atom stereocenters. The second kappa shape index (κ2) is 1.73. The first kappa shape index (κ1) is 5.54. The molecule has 0 saturated carbocycles. The molecule has 1 heterocycles. The van der Waals surface area contributed by atoms with Gasteiger partial charge in [0.2, 0.25) is 0 Å². The first-order valence-electron chi connectivity index (χ1n) is 2.01. The molecule has 0 radical (unpaired) electrons. The van der Waals surface area contributed by atoms with Crippen LogP contribution >= 0.6 is 0 Å². The van der Waals surface area contributed by atoms with Crippen LogP contribution in [-0.2, 0) is 0 Å². The Balaban J connectivity index is 2.88. The normalized spacial score (nSPS) is 16.0. The van der Waals surface area contributed by atoms with Gasteiger partial charge in [0.25, 0.3) is 0 Å². The molecule has 6 nitrogen and oxygen atoms in total. The van der Waals surface area contributed by atoms with Crippen LogP contribution in [0.1, 0.15) is 0 Å². The van der Waals surface area contributed by atoms with Gasteiger partial charge in [0.1, 0.15) is 6.21 Å². The van der Waals surface area contributed by atoms with Crippen molar-refractivity contribution in [3.05, 3.63) is 10.1 Å². The molecule has 6 heteroatoms. The Morgan fingerprint density at radius 3 is 2.56 bits per heavy atom. The van der Waals surface area contributed by atoms with Gasteiger partial charge in [-0.25, -0.2) is 4.79 Å². The lowest BCUT2D eigenvalue weighted by molar-refractivity contribution is -0.345. The van der Waals surface area contributed by atoms with Crippen LogP contribution in [0.5, 0.6) is 0 Å². The molecule has 1 aliphatic heterocycles. The van der Waals surface area contributed by atoms with Crippen molar-refractivity contribution >= 4 is 18.1 Å². The van der Waals surface area contributed by atoms with Gasteiger partial charge in [0, 0.05) is 4.99 Å². The Labute approximate surface area is 49.1 Å². The number of rotatable bonds is 0. The number of hydrogen-bond acceptors (Lipinski definition) is 3. The molecule has 0 fully saturated rings. The maximum Gasteiger partial charge on any atom is 0.477 e. The summed E-state index contributed by atoms with van der Waals surface area (Å²) in [7, 11) is 0. The van der Waals surface area contributed by atoms with E-state index in [9.17, 15) is 14.9 Å². The largest absolute Gasteiger partial charge is 0.477 e. The van der Waals surface area contributed by atoms with Crippen LogP contribution in [0.25, 0.3) is 0 Å². The molecule has 0 saturated heterocycles. The number of nitro groups is 1. The Kier molecular flexibility index (Phi) is 1.07. The summed E-state index contributed by atoms with van der Waals surface area (Å²) >= 11 is 0. The molecule has 0 aromatic carbocycles. The number of amidine groups is 1. The molecule has 46 valence electrons. The van der Waals surface area contributed by atoms with Gasteiger partial charge in [-0.2, -0.15) is 4.99 Å². The fraction of sp³-hybridized carbons (Fsp3) is 0. The van der Waals surface area contributed by atoms with Crippen molar-refractivity contribution in [2.75, 3.05) is 0 Å². The van der Waals surface area contributed by atoms with Crippen LogP contribution in [0, 0.1) is 10.1 Å². The summed E-state index contributed by atoms with van der Waals surface area (Å²) in [5, 5.41) is 9.78. The van der Waals surface area contributed by atoms with Gasteiger partial charge in [0.05, 0.1) is 0 Å². The molecule has 0 spiro atoms. The lowest BCUT2D eigenvalue weighted by Gasteiger charge is -1.82. The third-order valence-electron chi connectivity index (χ3n) is 0.688. The van der Waals surface area contributed by atoms with Crippen molar-refractivity contribution in [3.63, 3.8) is 0 Å². The van der Waals surface area contributed by atoms with Crippen LogP contribution in [0.2, 0.25) is 0 Å². The van der Waals surface area contributed by atoms with Gasteiger partial charge in [0.15, 0.2) is 0 Å². The highest BCUT2D eigenvalue weighted by Gasteiger charge is 2.20. The predicted octanol–water partition coefficient (Wildman–Crippen LogP) is -0.134. The molecule has 0 aromatic rings. The second-order valence-corrected chi connectivity index (χ2v) is 1.27. The minimum absolute atomic E-state index is 0.500. The Bertz CT molecular complexity index is 228. The van der Waals surface area contributed by atoms with E-state index in [0.29, 0.717) is 0 Å². The molecular weight excluding hydrogens is 126 g/mol. The summed E-state index contributed by atoms with van der Waals surface area (Å²) in [6.07, 6.45) is 0.822. The number of amides is 2. The van der Waals surface area contributed by atoms with Gasteiger partial charge in [-0.1, -0.05) is 0 Å². The maximum atomic E-state index is 10.1. The molecule has 0 aliphatic carbocycles. The summed E-state index contributed by atoms with van der Waals surface area (Å²) in [6, 6.07) is -0.818. The van der Waals surface area contributed by atoms with Crippen molar-refractivity contribution in [3.8, 4) is 0 Å². The molecule has 1 aliphatic rings. The highest BCUT2D eigenvalue weighted by molar-refractivity contribution is 6.32. The zero-order valence-electron chi connectivity index (χ0n) is 4.14. The van der Waals surface area contributed by atoms with E-state index in [4.69, 9.17) is 0 Å². The lowest BCUT2D eigenvalue weighted by atomic mass is 10.7. The topological polar surface area (TPSA) is 84.9 Å². The molecule has 9 heavy (non-hydrogen) atoms. The van der Waals surface area contributed by atoms with Gasteiger partial charge < -0.3 is 10.1 Å². The summed E-state index contributed by atoms with van der Waals surface area (Å²) in [6.45, 7) is 0. The van der Waals surface area contributed by atoms with E-state index in [1.165, 1.54) is 0 Å². The molecule has 0 aromatic heterocycles. The fourth-order valence-electron chi connectivity index (χ4n) is 0.357. The summed E-state index contributed by atoms with van der Waals surface area (Å²) < 4.78 is 0. The van der Waals surface area contributed by atoms with E-state index in [0.717, 1.165) is 6.21 Å². The molecule has 1 rings (SSSR count). The van der Waals surface area contributed by atoms with Crippen molar-refractivity contribution < 1.29 is 9.72 Å². The van der Waals surface area contributed by atoms with E-state index in [1.54, 1.807) is 0 Å². The van der Waals surface area contributed by atoms with Crippen LogP contribution in [-0.4, -0.2) is 23.0 Å². The van der Waals surface area contributed by atoms with Crippen LogP contribution in [0.4, 0.5) is 4.79 Å². The van der Waals surface area contributed by atoms with Gasteiger partial charge in [-0.3, -0.25) is 0 Å². The molecular formula is C3HN3O3. The average Bonchev–Trinajstić information content (AvgIpc) is 2.14.